The SMILES string of the molecule is N#CC1=C(N)C(N=Nc2ccccc2Cl)C(N)=NC1=S. The summed E-state index contributed by atoms with van der Waals surface area (Å²) in [7, 11) is 0. The second kappa shape index (κ2) is 5.77. The van der Waals surface area contributed by atoms with Gasteiger partial charge in [0.1, 0.15) is 28.2 Å². The first-order valence-electron chi connectivity index (χ1n) is 5.48. The van der Waals surface area contributed by atoms with Gasteiger partial charge in [0.2, 0.25) is 0 Å². The Labute approximate surface area is 125 Å². The summed E-state index contributed by atoms with van der Waals surface area (Å²) in [6.45, 7) is 0. The number of hydrogen-bond acceptors (Lipinski definition) is 6. The van der Waals surface area contributed by atoms with Crippen molar-refractivity contribution in [2.45, 2.75) is 6.04 Å². The number of hydrogen-bond donors (Lipinski definition) is 2. The smallest absolute Gasteiger partial charge is 0.169 e. The van der Waals surface area contributed by atoms with E-state index in [0.717, 1.165) is 0 Å². The summed E-state index contributed by atoms with van der Waals surface area (Å²) in [5.74, 6) is 0.0994. The van der Waals surface area contributed by atoms with Gasteiger partial charge >= 0.3 is 0 Å². The van der Waals surface area contributed by atoms with Crippen LogP contribution in [0.5, 0.6) is 0 Å². The molecule has 20 heavy (non-hydrogen) atoms. The molecule has 2 rings (SSSR count). The molecular weight excluding hydrogens is 296 g/mol. The van der Waals surface area contributed by atoms with Crippen molar-refractivity contribution in [3.8, 4) is 6.07 Å². The van der Waals surface area contributed by atoms with Crippen LogP contribution in [0.1, 0.15) is 0 Å². The number of amidine groups is 1. The summed E-state index contributed by atoms with van der Waals surface area (Å²) in [6, 6.07) is 8.00. The highest BCUT2D eigenvalue weighted by Crippen LogP contribution is 2.25. The zero-order valence-corrected chi connectivity index (χ0v) is 11.7. The Morgan fingerprint density at radius 2 is 2.05 bits per heavy atom. The molecule has 1 aromatic rings. The molecule has 100 valence electrons. The quantitative estimate of drug-likeness (QED) is 0.644. The molecular formula is C12H9ClN6S. The van der Waals surface area contributed by atoms with Crippen LogP contribution < -0.4 is 11.5 Å². The second-order valence-electron chi connectivity index (χ2n) is 3.85. The monoisotopic (exact) mass is 304 g/mol. The first kappa shape index (κ1) is 14.1. The highest BCUT2D eigenvalue weighted by Gasteiger charge is 2.26. The highest BCUT2D eigenvalue weighted by atomic mass is 35.5. The minimum Gasteiger partial charge on any atom is -0.399 e. The number of nitriles is 1. The molecule has 8 heteroatoms. The molecule has 0 aromatic heterocycles. The van der Waals surface area contributed by atoms with E-state index in [2.05, 4.69) is 15.2 Å². The molecule has 0 saturated heterocycles. The Balaban J connectivity index is 2.36. The molecule has 1 aliphatic heterocycles. The fourth-order valence-electron chi connectivity index (χ4n) is 1.54. The van der Waals surface area contributed by atoms with Crippen molar-refractivity contribution in [2.24, 2.45) is 26.7 Å². The number of azo groups is 1. The van der Waals surface area contributed by atoms with E-state index in [-0.39, 0.29) is 22.1 Å². The van der Waals surface area contributed by atoms with E-state index in [1.807, 2.05) is 6.07 Å². The van der Waals surface area contributed by atoms with Crippen LogP contribution in [0, 0.1) is 11.3 Å². The van der Waals surface area contributed by atoms with Crippen molar-refractivity contribution in [2.75, 3.05) is 0 Å². The fourth-order valence-corrected chi connectivity index (χ4v) is 1.98. The van der Waals surface area contributed by atoms with E-state index in [9.17, 15) is 0 Å². The lowest BCUT2D eigenvalue weighted by Gasteiger charge is -2.17. The minimum absolute atomic E-state index is 0.0618. The van der Waals surface area contributed by atoms with Crippen LogP contribution in [0.25, 0.3) is 0 Å². The molecule has 0 aliphatic carbocycles. The van der Waals surface area contributed by atoms with Crippen molar-refractivity contribution < 1.29 is 0 Å². The zero-order chi connectivity index (χ0) is 14.7. The number of benzene rings is 1. The van der Waals surface area contributed by atoms with Gasteiger partial charge in [0, 0.05) is 0 Å². The molecule has 0 amide bonds. The number of thiocarbonyl (C=S) groups is 1. The maximum Gasteiger partial charge on any atom is 0.169 e. The molecule has 0 radical (unpaired) electrons. The van der Waals surface area contributed by atoms with Crippen LogP contribution in [-0.4, -0.2) is 16.9 Å². The molecule has 6 nitrogen and oxygen atoms in total. The standard InChI is InChI=1S/C12H9ClN6S/c13-7-3-1-2-4-8(7)18-19-10-9(15)6(5-14)12(20)17-11(10)16/h1-4,10H,15H2,(H2,16,17,20). The van der Waals surface area contributed by atoms with Crippen LogP contribution in [0.4, 0.5) is 5.69 Å². The van der Waals surface area contributed by atoms with Crippen molar-refractivity contribution in [3.05, 3.63) is 40.6 Å². The first-order chi connectivity index (χ1) is 9.54. The summed E-state index contributed by atoms with van der Waals surface area (Å²) >= 11 is 10.9. The molecule has 0 saturated carbocycles. The molecule has 0 fully saturated rings. The average molecular weight is 305 g/mol. The van der Waals surface area contributed by atoms with Gasteiger partial charge in [0.15, 0.2) is 6.04 Å². The summed E-state index contributed by atoms with van der Waals surface area (Å²) in [4.78, 5) is 3.94. The molecule has 1 aliphatic rings. The Morgan fingerprint density at radius 3 is 2.70 bits per heavy atom. The molecule has 1 aromatic carbocycles. The lowest BCUT2D eigenvalue weighted by Crippen LogP contribution is -2.37. The van der Waals surface area contributed by atoms with Crippen molar-refractivity contribution in [1.82, 2.24) is 0 Å². The van der Waals surface area contributed by atoms with Gasteiger partial charge < -0.3 is 11.5 Å². The van der Waals surface area contributed by atoms with Gasteiger partial charge in [-0.25, -0.2) is 4.99 Å². The van der Waals surface area contributed by atoms with Gasteiger partial charge in [0.25, 0.3) is 0 Å². The van der Waals surface area contributed by atoms with Gasteiger partial charge in [0.05, 0.1) is 10.7 Å². The third-order valence-electron chi connectivity index (χ3n) is 2.55. The minimum atomic E-state index is -0.812. The summed E-state index contributed by atoms with van der Waals surface area (Å²) in [5.41, 5.74) is 12.3. The van der Waals surface area contributed by atoms with Crippen molar-refractivity contribution in [1.29, 1.82) is 5.26 Å². The molecule has 1 atom stereocenters. The van der Waals surface area contributed by atoms with E-state index in [0.29, 0.717) is 10.7 Å². The molecule has 0 spiro atoms. The molecule has 1 heterocycles. The third-order valence-corrected chi connectivity index (χ3v) is 3.17. The van der Waals surface area contributed by atoms with E-state index >= 15 is 0 Å². The van der Waals surface area contributed by atoms with Crippen LogP contribution in [0.15, 0.2) is 50.8 Å². The maximum atomic E-state index is 8.99. The van der Waals surface area contributed by atoms with Crippen LogP contribution in [-0.2, 0) is 0 Å². The van der Waals surface area contributed by atoms with E-state index < -0.39 is 6.04 Å². The van der Waals surface area contributed by atoms with Gasteiger partial charge in [-0.1, -0.05) is 36.0 Å². The number of nitrogens with zero attached hydrogens (tertiary/aromatic N) is 4. The average Bonchev–Trinajstić information content (AvgIpc) is 2.40. The summed E-state index contributed by atoms with van der Waals surface area (Å²) < 4.78 is 0. The Kier molecular flexibility index (Phi) is 4.08. The number of nitrogens with two attached hydrogens (primary N) is 2. The Bertz CT molecular complexity index is 700. The van der Waals surface area contributed by atoms with Gasteiger partial charge in [-0.05, 0) is 12.1 Å². The largest absolute Gasteiger partial charge is 0.399 e. The highest BCUT2D eigenvalue weighted by molar-refractivity contribution is 7.80. The topological polar surface area (TPSA) is 113 Å². The number of halogens is 1. The normalized spacial score (nSPS) is 19.1. The zero-order valence-electron chi connectivity index (χ0n) is 10.1. The Morgan fingerprint density at radius 1 is 1.35 bits per heavy atom. The Hall–Kier alpha value is -2.30. The fraction of sp³-hybridized carbons (Fsp3) is 0.0833. The van der Waals surface area contributed by atoms with E-state index in [4.69, 9.17) is 40.5 Å². The van der Waals surface area contributed by atoms with Gasteiger partial charge in [-0.3, -0.25) is 0 Å². The van der Waals surface area contributed by atoms with Crippen LogP contribution >= 0.6 is 23.8 Å². The molecule has 4 N–H and O–H groups in total. The number of aliphatic imine (C=N–C) groups is 1. The van der Waals surface area contributed by atoms with E-state index in [1.54, 1.807) is 24.3 Å². The predicted molar refractivity (Wildman–Crippen MR) is 80.8 cm³/mol. The van der Waals surface area contributed by atoms with Crippen molar-refractivity contribution >= 4 is 40.3 Å². The van der Waals surface area contributed by atoms with Crippen LogP contribution in [0.3, 0.4) is 0 Å². The van der Waals surface area contributed by atoms with Gasteiger partial charge in [-0.2, -0.15) is 15.5 Å². The number of rotatable bonds is 2. The predicted octanol–water partition coefficient (Wildman–Crippen LogP) is 2.23. The lowest BCUT2D eigenvalue weighted by molar-refractivity contribution is 0.881. The third kappa shape index (κ3) is 2.66. The number of dihydropyridines is 1. The molecule has 1 unspecified atom stereocenters. The van der Waals surface area contributed by atoms with E-state index in [1.165, 1.54) is 0 Å². The van der Waals surface area contributed by atoms with Crippen molar-refractivity contribution in [3.63, 3.8) is 0 Å². The second-order valence-corrected chi connectivity index (χ2v) is 4.65. The lowest BCUT2D eigenvalue weighted by atomic mass is 10.1. The summed E-state index contributed by atoms with van der Waals surface area (Å²) in [6.07, 6.45) is 0. The van der Waals surface area contributed by atoms with Gasteiger partial charge in [-0.15, -0.1) is 0 Å². The summed E-state index contributed by atoms with van der Waals surface area (Å²) in [5, 5.41) is 17.4. The maximum absolute atomic E-state index is 8.99. The first-order valence-corrected chi connectivity index (χ1v) is 6.26. The van der Waals surface area contributed by atoms with Crippen LogP contribution in [0.2, 0.25) is 5.02 Å². The molecule has 0 bridgehead atoms.